The molecule has 2 aliphatic carbocycles. The molecule has 3 heteroatoms. The summed E-state index contributed by atoms with van der Waals surface area (Å²) >= 11 is 0.292. The monoisotopic (exact) mass is 413 g/mol. The van der Waals surface area contributed by atoms with Crippen molar-refractivity contribution in [1.29, 1.82) is 0 Å². The summed E-state index contributed by atoms with van der Waals surface area (Å²) in [5, 5.41) is 0. The van der Waals surface area contributed by atoms with Gasteiger partial charge in [0.1, 0.15) is 11.6 Å². The third-order valence-corrected chi connectivity index (χ3v) is 5.17. The zero-order valence-corrected chi connectivity index (χ0v) is 12.7. The Morgan fingerprint density at radius 2 is 1.53 bits per heavy atom. The normalized spacial score (nSPS) is 20.4. The van der Waals surface area contributed by atoms with Gasteiger partial charge in [0, 0.05) is 25.7 Å². The van der Waals surface area contributed by atoms with Gasteiger partial charge in [-0.15, -0.1) is 0 Å². The van der Waals surface area contributed by atoms with Crippen molar-refractivity contribution < 1.29 is 27.3 Å². The molecule has 17 heavy (non-hydrogen) atoms. The molecule has 97 valence electrons. The van der Waals surface area contributed by atoms with Crippen LogP contribution in [0.25, 0.3) is 0 Å². The van der Waals surface area contributed by atoms with Gasteiger partial charge in [-0.25, -0.2) is 0 Å². The van der Waals surface area contributed by atoms with Gasteiger partial charge in [0.25, 0.3) is 0 Å². The number of hydrogen-bond donors (Lipinski definition) is 0. The zero-order valence-electron chi connectivity index (χ0n) is 10.3. The molecule has 0 aromatic rings. The Morgan fingerprint density at radius 3 is 1.82 bits per heavy atom. The molecular weight excluding hydrogens is 392 g/mol. The molecule has 1 saturated carbocycles. The fourth-order valence-corrected chi connectivity index (χ4v) is 3.15. The number of hydrogen-bond acceptors (Lipinski definition) is 2. The summed E-state index contributed by atoms with van der Waals surface area (Å²) < 4.78 is 1.68. The Hall–Kier alpha value is -0.531. The van der Waals surface area contributed by atoms with E-state index in [1.165, 1.54) is 6.42 Å². The summed E-state index contributed by atoms with van der Waals surface area (Å²) in [5.41, 5.74) is 2.32. The standard InChI is InChI=1S/C8H12O2.C5H5.CH3.Ir/c9-7-3-1-4-8(10)6-2-5-7;1-2-4-5-3-1;;/h1-6H2;1-3H,4H2;1H3;. The van der Waals surface area contributed by atoms with E-state index in [9.17, 15) is 9.59 Å². The molecule has 0 amide bonds. The molecule has 0 bridgehead atoms. The maximum atomic E-state index is 10.8. The van der Waals surface area contributed by atoms with Crippen molar-refractivity contribution in [2.24, 2.45) is 0 Å². The van der Waals surface area contributed by atoms with Crippen LogP contribution in [0.1, 0.15) is 44.9 Å². The van der Waals surface area contributed by atoms with Crippen LogP contribution in [0, 0.1) is 0 Å². The first-order valence-corrected chi connectivity index (χ1v) is 9.63. The van der Waals surface area contributed by atoms with Crippen LogP contribution in [-0.2, 0) is 27.3 Å². The van der Waals surface area contributed by atoms with E-state index in [1.807, 2.05) is 0 Å². The van der Waals surface area contributed by atoms with Crippen LogP contribution in [0.4, 0.5) is 0 Å². The minimum atomic E-state index is 0.292. The van der Waals surface area contributed by atoms with Crippen molar-refractivity contribution in [2.45, 2.75) is 50.4 Å². The fourth-order valence-electron chi connectivity index (χ4n) is 1.75. The molecular formula is C14H20IrO2. The number of allylic oxidation sites excluding steroid dienone is 4. The molecule has 0 atom stereocenters. The summed E-state index contributed by atoms with van der Waals surface area (Å²) in [6.07, 6.45) is 11.9. The number of ketones is 2. The van der Waals surface area contributed by atoms with Gasteiger partial charge in [0.05, 0.1) is 0 Å². The SMILES string of the molecule is O=C1CCCC(=O)CCC1.[CH3][Ir][C]1=CC=CC1. The Kier molecular flexibility index (Phi) is 7.30. The van der Waals surface area contributed by atoms with Gasteiger partial charge >= 0.3 is 51.9 Å². The van der Waals surface area contributed by atoms with Gasteiger partial charge in [-0.1, -0.05) is 0 Å². The van der Waals surface area contributed by atoms with E-state index in [2.05, 4.69) is 23.7 Å². The fraction of sp³-hybridized carbons (Fsp3) is 0.571. The summed E-state index contributed by atoms with van der Waals surface area (Å²) in [5.74, 6) is 0.653. The van der Waals surface area contributed by atoms with E-state index in [0.29, 0.717) is 54.9 Å². The van der Waals surface area contributed by atoms with Gasteiger partial charge in [-0.2, -0.15) is 0 Å². The summed E-state index contributed by atoms with van der Waals surface area (Å²) in [6.45, 7) is 0. The van der Waals surface area contributed by atoms with E-state index in [1.54, 1.807) is 4.09 Å². The van der Waals surface area contributed by atoms with Crippen molar-refractivity contribution in [2.75, 3.05) is 0 Å². The van der Waals surface area contributed by atoms with Crippen molar-refractivity contribution in [3.05, 3.63) is 22.3 Å². The zero-order chi connectivity index (χ0) is 12.5. The van der Waals surface area contributed by atoms with Crippen molar-refractivity contribution in [3.63, 3.8) is 0 Å². The van der Waals surface area contributed by atoms with Crippen LogP contribution >= 0.6 is 0 Å². The third-order valence-electron chi connectivity index (χ3n) is 2.75. The Balaban J connectivity index is 0.000000181. The first-order chi connectivity index (χ1) is 8.22. The van der Waals surface area contributed by atoms with Crippen molar-refractivity contribution in [1.82, 2.24) is 0 Å². The first-order valence-electron chi connectivity index (χ1n) is 6.04. The average molecular weight is 413 g/mol. The molecule has 0 spiro atoms. The molecule has 1 fully saturated rings. The number of rotatable bonds is 1. The second kappa shape index (κ2) is 8.54. The second-order valence-corrected chi connectivity index (χ2v) is 6.90. The summed E-state index contributed by atoms with van der Waals surface area (Å²) in [4.78, 5) is 21.7. The van der Waals surface area contributed by atoms with Crippen LogP contribution in [0.5, 0.6) is 0 Å². The van der Waals surface area contributed by atoms with Crippen LogP contribution in [0.15, 0.2) is 22.3 Å². The molecule has 0 aromatic carbocycles. The third kappa shape index (κ3) is 6.70. The van der Waals surface area contributed by atoms with Crippen molar-refractivity contribution in [3.8, 4) is 0 Å². The van der Waals surface area contributed by atoms with E-state index < -0.39 is 0 Å². The van der Waals surface area contributed by atoms with E-state index in [0.717, 1.165) is 12.8 Å². The molecule has 0 unspecified atom stereocenters. The van der Waals surface area contributed by atoms with Gasteiger partial charge < -0.3 is 0 Å². The first kappa shape index (κ1) is 14.5. The molecule has 0 radical (unpaired) electrons. The quantitative estimate of drug-likeness (QED) is 0.661. The van der Waals surface area contributed by atoms with E-state index in [4.69, 9.17) is 0 Å². The molecule has 0 heterocycles. The van der Waals surface area contributed by atoms with E-state index >= 15 is 0 Å². The Bertz CT molecular complexity index is 299. The van der Waals surface area contributed by atoms with Crippen LogP contribution in [0.2, 0.25) is 5.44 Å². The number of carbonyl (C=O) groups is 2. The summed E-state index contributed by atoms with van der Waals surface area (Å²) in [7, 11) is 0. The maximum absolute atomic E-state index is 10.8. The number of carbonyl (C=O) groups excluding carboxylic acids is 2. The molecule has 0 N–H and O–H groups in total. The van der Waals surface area contributed by atoms with Gasteiger partial charge in [-0.05, 0) is 12.8 Å². The molecule has 0 aromatic heterocycles. The van der Waals surface area contributed by atoms with Crippen LogP contribution in [0.3, 0.4) is 0 Å². The average Bonchev–Trinajstić information content (AvgIpc) is 2.80. The van der Waals surface area contributed by atoms with E-state index in [-0.39, 0.29) is 0 Å². The molecule has 2 nitrogen and oxygen atoms in total. The Labute approximate surface area is 112 Å². The predicted octanol–water partition coefficient (Wildman–Crippen LogP) is 3.44. The molecule has 2 aliphatic rings. The van der Waals surface area contributed by atoms with Gasteiger partial charge in [0.2, 0.25) is 0 Å². The molecule has 2 rings (SSSR count). The van der Waals surface area contributed by atoms with Gasteiger partial charge in [-0.3, -0.25) is 9.59 Å². The topological polar surface area (TPSA) is 34.1 Å². The van der Waals surface area contributed by atoms with Crippen LogP contribution in [-0.4, -0.2) is 11.6 Å². The van der Waals surface area contributed by atoms with Gasteiger partial charge in [0.15, 0.2) is 0 Å². The predicted molar refractivity (Wildman–Crippen MR) is 65.4 cm³/mol. The minimum absolute atomic E-state index is 0.292. The summed E-state index contributed by atoms with van der Waals surface area (Å²) in [6, 6.07) is 0. The second-order valence-electron chi connectivity index (χ2n) is 4.17. The van der Waals surface area contributed by atoms with Crippen LogP contribution < -0.4 is 0 Å². The molecule has 0 aliphatic heterocycles. The number of Topliss-reactive ketones (excluding diaryl/α,β-unsaturated/α-hetero) is 2. The Morgan fingerprint density at radius 1 is 1.00 bits per heavy atom. The molecule has 0 saturated heterocycles. The van der Waals surface area contributed by atoms with Crippen molar-refractivity contribution >= 4 is 11.6 Å².